The maximum Gasteiger partial charge on any atom is 0.256 e. The molecule has 2 nitrogen and oxygen atoms in total. The third-order valence-electron chi connectivity index (χ3n) is 2.87. The van der Waals surface area contributed by atoms with Crippen LogP contribution in [-0.2, 0) is 0 Å². The third kappa shape index (κ3) is 3.43. The predicted molar refractivity (Wildman–Crippen MR) is 90.7 cm³/mol. The molecule has 0 saturated carbocycles. The highest BCUT2D eigenvalue weighted by Crippen LogP contribution is 2.30. The number of hydrogen-bond acceptors (Lipinski definition) is 1. The molecule has 20 heavy (non-hydrogen) atoms. The average Bonchev–Trinajstić information content (AvgIpc) is 2.35. The normalized spacial score (nSPS) is 10.4. The number of carbonyl (C=O) groups is 1. The molecule has 0 radical (unpaired) electrons. The maximum absolute atomic E-state index is 12.3. The van der Waals surface area contributed by atoms with Crippen LogP contribution in [0.2, 0.25) is 5.02 Å². The Morgan fingerprint density at radius 2 is 1.80 bits per heavy atom. The van der Waals surface area contributed by atoms with Crippen LogP contribution >= 0.6 is 43.5 Å². The number of hydrogen-bond donors (Lipinski definition) is 1. The Hall–Kier alpha value is -0.840. The van der Waals surface area contributed by atoms with Gasteiger partial charge < -0.3 is 5.32 Å². The van der Waals surface area contributed by atoms with Gasteiger partial charge in [0, 0.05) is 14.0 Å². The number of aryl methyl sites for hydroxylation is 2. The summed E-state index contributed by atoms with van der Waals surface area (Å²) in [5.74, 6) is -0.183. The number of amides is 1. The van der Waals surface area contributed by atoms with Crippen molar-refractivity contribution in [3.8, 4) is 0 Å². The van der Waals surface area contributed by atoms with Gasteiger partial charge in [0.1, 0.15) is 0 Å². The molecule has 0 aliphatic heterocycles. The second kappa shape index (κ2) is 6.29. The van der Waals surface area contributed by atoms with Gasteiger partial charge in [-0.3, -0.25) is 4.79 Å². The number of benzene rings is 2. The first-order valence-electron chi connectivity index (χ1n) is 5.91. The lowest BCUT2D eigenvalue weighted by Crippen LogP contribution is -2.13. The van der Waals surface area contributed by atoms with Gasteiger partial charge in [0.05, 0.1) is 11.3 Å². The lowest BCUT2D eigenvalue weighted by atomic mass is 10.1. The lowest BCUT2D eigenvalue weighted by Gasteiger charge is -2.11. The van der Waals surface area contributed by atoms with Crippen LogP contribution in [0.15, 0.2) is 39.3 Å². The van der Waals surface area contributed by atoms with E-state index in [-0.39, 0.29) is 5.91 Å². The lowest BCUT2D eigenvalue weighted by molar-refractivity contribution is 0.102. The van der Waals surface area contributed by atoms with Gasteiger partial charge >= 0.3 is 0 Å². The monoisotopic (exact) mass is 415 g/mol. The van der Waals surface area contributed by atoms with Gasteiger partial charge in [-0.1, -0.05) is 17.7 Å². The largest absolute Gasteiger partial charge is 0.321 e. The molecule has 0 heterocycles. The van der Waals surface area contributed by atoms with Gasteiger partial charge in [0.25, 0.3) is 5.91 Å². The van der Waals surface area contributed by atoms with E-state index in [2.05, 4.69) is 37.2 Å². The summed E-state index contributed by atoms with van der Waals surface area (Å²) in [7, 11) is 0. The van der Waals surface area contributed by atoms with Gasteiger partial charge in [-0.15, -0.1) is 0 Å². The molecule has 1 amide bonds. The van der Waals surface area contributed by atoms with E-state index in [1.807, 2.05) is 32.0 Å². The summed E-state index contributed by atoms with van der Waals surface area (Å²) in [6.45, 7) is 3.89. The molecule has 0 aliphatic rings. The number of halogens is 3. The summed E-state index contributed by atoms with van der Waals surface area (Å²) in [6.07, 6.45) is 0. The minimum atomic E-state index is -0.183. The Morgan fingerprint density at radius 1 is 1.10 bits per heavy atom. The van der Waals surface area contributed by atoms with Crippen LogP contribution in [0, 0.1) is 13.8 Å². The molecule has 0 unspecified atom stereocenters. The van der Waals surface area contributed by atoms with Crippen molar-refractivity contribution in [2.45, 2.75) is 13.8 Å². The van der Waals surface area contributed by atoms with E-state index >= 15 is 0 Å². The Kier molecular flexibility index (Phi) is 4.89. The van der Waals surface area contributed by atoms with E-state index < -0.39 is 0 Å². The SMILES string of the molecule is Cc1ccc(C(=O)Nc2cc(Cl)c(C)cc2Br)c(Br)c1. The molecule has 0 bridgehead atoms. The molecule has 0 aromatic heterocycles. The summed E-state index contributed by atoms with van der Waals surface area (Å²) in [4.78, 5) is 12.3. The summed E-state index contributed by atoms with van der Waals surface area (Å²) >= 11 is 12.9. The highest BCUT2D eigenvalue weighted by Gasteiger charge is 2.13. The molecular weight excluding hydrogens is 405 g/mol. The first-order chi connectivity index (χ1) is 9.38. The quantitative estimate of drug-likeness (QED) is 0.664. The number of carbonyl (C=O) groups excluding carboxylic acids is 1. The van der Waals surface area contributed by atoms with Crippen molar-refractivity contribution in [2.75, 3.05) is 5.32 Å². The molecule has 5 heteroatoms. The predicted octanol–water partition coefficient (Wildman–Crippen LogP) is 5.73. The minimum Gasteiger partial charge on any atom is -0.321 e. The van der Waals surface area contributed by atoms with E-state index in [1.165, 1.54) is 0 Å². The van der Waals surface area contributed by atoms with Crippen molar-refractivity contribution in [2.24, 2.45) is 0 Å². The maximum atomic E-state index is 12.3. The van der Waals surface area contributed by atoms with Crippen molar-refractivity contribution in [1.29, 1.82) is 0 Å². The molecule has 0 fully saturated rings. The van der Waals surface area contributed by atoms with Crippen LogP contribution in [0.4, 0.5) is 5.69 Å². The van der Waals surface area contributed by atoms with Gasteiger partial charge in [-0.25, -0.2) is 0 Å². The smallest absolute Gasteiger partial charge is 0.256 e. The van der Waals surface area contributed by atoms with Crippen LogP contribution in [0.1, 0.15) is 21.5 Å². The molecule has 1 N–H and O–H groups in total. The number of anilines is 1. The molecule has 2 aromatic rings. The van der Waals surface area contributed by atoms with Crippen molar-refractivity contribution >= 4 is 55.1 Å². The zero-order valence-electron chi connectivity index (χ0n) is 10.9. The molecular formula is C15H12Br2ClNO. The van der Waals surface area contributed by atoms with E-state index in [0.717, 1.165) is 20.1 Å². The van der Waals surface area contributed by atoms with E-state index in [0.29, 0.717) is 16.3 Å². The molecule has 0 spiro atoms. The molecule has 0 saturated heterocycles. The van der Waals surface area contributed by atoms with Crippen LogP contribution < -0.4 is 5.32 Å². The average molecular weight is 418 g/mol. The molecule has 0 aliphatic carbocycles. The van der Waals surface area contributed by atoms with Gasteiger partial charge in [-0.05, 0) is 81.1 Å². The summed E-state index contributed by atoms with van der Waals surface area (Å²) in [5.41, 5.74) is 3.28. The number of rotatable bonds is 2. The Balaban J connectivity index is 2.30. The second-order valence-electron chi connectivity index (χ2n) is 4.52. The Labute approximate surface area is 139 Å². The van der Waals surface area contributed by atoms with E-state index in [9.17, 15) is 4.79 Å². The van der Waals surface area contributed by atoms with Gasteiger partial charge in [-0.2, -0.15) is 0 Å². The topological polar surface area (TPSA) is 29.1 Å². The molecule has 104 valence electrons. The first-order valence-corrected chi connectivity index (χ1v) is 7.88. The minimum absolute atomic E-state index is 0.183. The number of nitrogens with one attached hydrogen (secondary N) is 1. The van der Waals surface area contributed by atoms with Crippen molar-refractivity contribution in [1.82, 2.24) is 0 Å². The fraction of sp³-hybridized carbons (Fsp3) is 0.133. The molecule has 2 rings (SSSR count). The van der Waals surface area contributed by atoms with Crippen LogP contribution in [0.3, 0.4) is 0 Å². The highest BCUT2D eigenvalue weighted by molar-refractivity contribution is 9.11. The third-order valence-corrected chi connectivity index (χ3v) is 4.59. The standard InChI is InChI=1S/C15H12Br2ClNO/c1-8-3-4-10(11(16)5-8)15(20)19-14-7-13(18)9(2)6-12(14)17/h3-7H,1-2H3,(H,19,20). The van der Waals surface area contributed by atoms with Crippen LogP contribution in [0.25, 0.3) is 0 Å². The highest BCUT2D eigenvalue weighted by atomic mass is 79.9. The summed E-state index contributed by atoms with van der Waals surface area (Å²) in [5, 5.41) is 3.47. The van der Waals surface area contributed by atoms with Crippen molar-refractivity contribution in [3.63, 3.8) is 0 Å². The van der Waals surface area contributed by atoms with Gasteiger partial charge in [0.2, 0.25) is 0 Å². The summed E-state index contributed by atoms with van der Waals surface area (Å²) < 4.78 is 1.57. The summed E-state index contributed by atoms with van der Waals surface area (Å²) in [6, 6.07) is 9.21. The Bertz CT molecular complexity index is 686. The Morgan fingerprint density at radius 3 is 2.45 bits per heavy atom. The fourth-order valence-electron chi connectivity index (χ4n) is 1.74. The first kappa shape index (κ1) is 15.5. The van der Waals surface area contributed by atoms with Crippen LogP contribution in [0.5, 0.6) is 0 Å². The van der Waals surface area contributed by atoms with E-state index in [1.54, 1.807) is 12.1 Å². The second-order valence-corrected chi connectivity index (χ2v) is 6.63. The van der Waals surface area contributed by atoms with Crippen molar-refractivity contribution < 1.29 is 4.79 Å². The van der Waals surface area contributed by atoms with E-state index in [4.69, 9.17) is 11.6 Å². The molecule has 2 aromatic carbocycles. The zero-order valence-corrected chi connectivity index (χ0v) is 14.9. The van der Waals surface area contributed by atoms with Crippen LogP contribution in [-0.4, -0.2) is 5.91 Å². The van der Waals surface area contributed by atoms with Crippen molar-refractivity contribution in [3.05, 3.63) is 61.0 Å². The fourth-order valence-corrected chi connectivity index (χ4v) is 3.13. The molecule has 0 atom stereocenters. The zero-order chi connectivity index (χ0) is 14.9. The van der Waals surface area contributed by atoms with Gasteiger partial charge in [0.15, 0.2) is 0 Å².